The molecule has 0 aliphatic heterocycles. The predicted octanol–water partition coefficient (Wildman–Crippen LogP) is 5.78. The number of para-hydroxylation sites is 2. The Balaban J connectivity index is 1.39. The molecule has 1 atom stereocenters. The zero-order valence-electron chi connectivity index (χ0n) is 25.8. The topological polar surface area (TPSA) is 130 Å². The van der Waals surface area contributed by atoms with Crippen molar-refractivity contribution in [3.63, 3.8) is 0 Å². The summed E-state index contributed by atoms with van der Waals surface area (Å²) in [6, 6.07) is 25.2. The fourth-order valence-corrected chi connectivity index (χ4v) is 5.14. The predicted molar refractivity (Wildman–Crippen MR) is 174 cm³/mol. The fraction of sp³-hybridized carbons (Fsp3) is 0.333. The van der Waals surface area contributed by atoms with Crippen molar-refractivity contribution in [1.29, 1.82) is 0 Å². The Labute approximate surface area is 259 Å². The maximum Gasteiger partial charge on any atom is 0.435 e. The van der Waals surface area contributed by atoms with Crippen LogP contribution in [-0.4, -0.2) is 48.7 Å². The van der Waals surface area contributed by atoms with Crippen LogP contribution in [0.2, 0.25) is 25.7 Å². The number of aliphatic imine (C=N–C) groups is 1. The molecule has 1 aromatic heterocycles. The SMILES string of the molecule is CCOC(C(=O)NCc1ccc(/C(N)=N/C(=O)OCc2ccccc2)cc1)c1nc2ccccc2n1COCC[Si](C)(C)C. The first kappa shape index (κ1) is 32.6. The number of hydrogen-bond acceptors (Lipinski definition) is 6. The molecular weight excluding hydrogens is 574 g/mol. The van der Waals surface area contributed by atoms with E-state index >= 15 is 0 Å². The van der Waals surface area contributed by atoms with Crippen molar-refractivity contribution in [2.75, 3.05) is 13.2 Å². The Bertz CT molecular complexity index is 1570. The molecule has 10 nitrogen and oxygen atoms in total. The van der Waals surface area contributed by atoms with Gasteiger partial charge in [-0.3, -0.25) is 4.79 Å². The summed E-state index contributed by atoms with van der Waals surface area (Å²) in [5, 5.41) is 2.97. The number of ether oxygens (including phenoxy) is 3. The van der Waals surface area contributed by atoms with E-state index in [1.165, 1.54) is 0 Å². The molecule has 4 aromatic rings. The van der Waals surface area contributed by atoms with Crippen LogP contribution in [-0.2, 0) is 38.9 Å². The number of carbonyl (C=O) groups excluding carboxylic acids is 2. The van der Waals surface area contributed by atoms with Crippen LogP contribution in [0.5, 0.6) is 0 Å². The number of amidine groups is 1. The molecule has 0 saturated carbocycles. The number of carbonyl (C=O) groups is 2. The van der Waals surface area contributed by atoms with E-state index < -0.39 is 20.3 Å². The van der Waals surface area contributed by atoms with Gasteiger partial charge in [-0.1, -0.05) is 86.4 Å². The Morgan fingerprint density at radius 2 is 1.68 bits per heavy atom. The van der Waals surface area contributed by atoms with Crippen molar-refractivity contribution in [2.45, 2.75) is 58.6 Å². The molecule has 232 valence electrons. The summed E-state index contributed by atoms with van der Waals surface area (Å²) in [5.41, 5.74) is 9.94. The van der Waals surface area contributed by atoms with Gasteiger partial charge in [-0.15, -0.1) is 0 Å². The summed E-state index contributed by atoms with van der Waals surface area (Å²) in [7, 11) is -1.25. The van der Waals surface area contributed by atoms with Crippen molar-refractivity contribution in [1.82, 2.24) is 14.9 Å². The van der Waals surface area contributed by atoms with Crippen molar-refractivity contribution in [3.8, 4) is 0 Å². The number of aromatic nitrogens is 2. The minimum atomic E-state index is -1.25. The van der Waals surface area contributed by atoms with Crippen molar-refractivity contribution < 1.29 is 23.8 Å². The number of amides is 2. The van der Waals surface area contributed by atoms with Gasteiger partial charge in [0, 0.05) is 33.4 Å². The molecule has 0 radical (unpaired) electrons. The molecule has 0 saturated heterocycles. The highest BCUT2D eigenvalue weighted by atomic mass is 28.3. The van der Waals surface area contributed by atoms with Gasteiger partial charge in [0.1, 0.15) is 19.2 Å². The van der Waals surface area contributed by atoms with Gasteiger partial charge in [-0.05, 0) is 36.2 Å². The number of fused-ring (bicyclic) bond motifs is 1. The number of imidazole rings is 1. The van der Waals surface area contributed by atoms with Crippen LogP contribution in [0.3, 0.4) is 0 Å². The van der Waals surface area contributed by atoms with Gasteiger partial charge in [-0.25, -0.2) is 9.78 Å². The molecule has 0 aliphatic carbocycles. The summed E-state index contributed by atoms with van der Waals surface area (Å²) < 4.78 is 19.1. The summed E-state index contributed by atoms with van der Waals surface area (Å²) >= 11 is 0. The van der Waals surface area contributed by atoms with Crippen LogP contribution in [0.15, 0.2) is 83.9 Å². The number of hydrogen-bond donors (Lipinski definition) is 2. The summed E-state index contributed by atoms with van der Waals surface area (Å²) in [4.78, 5) is 34.2. The monoisotopic (exact) mass is 615 g/mol. The van der Waals surface area contributed by atoms with E-state index in [2.05, 4.69) is 30.0 Å². The number of benzene rings is 3. The zero-order valence-corrected chi connectivity index (χ0v) is 26.8. The Morgan fingerprint density at radius 3 is 2.39 bits per heavy atom. The first-order valence-corrected chi connectivity index (χ1v) is 18.4. The van der Waals surface area contributed by atoms with Crippen molar-refractivity contribution in [2.24, 2.45) is 10.7 Å². The number of nitrogens with zero attached hydrogens (tertiary/aromatic N) is 3. The zero-order chi connectivity index (χ0) is 31.5. The maximum absolute atomic E-state index is 13.4. The molecule has 0 fully saturated rings. The second-order valence-electron chi connectivity index (χ2n) is 11.5. The normalized spacial score (nSPS) is 12.7. The molecule has 1 unspecified atom stereocenters. The highest BCUT2D eigenvalue weighted by molar-refractivity contribution is 6.76. The molecule has 3 aromatic carbocycles. The fourth-order valence-electron chi connectivity index (χ4n) is 4.39. The van der Waals surface area contributed by atoms with Gasteiger partial charge in [0.15, 0.2) is 11.9 Å². The van der Waals surface area contributed by atoms with Crippen LogP contribution < -0.4 is 11.1 Å². The lowest BCUT2D eigenvalue weighted by molar-refractivity contribution is -0.134. The van der Waals surface area contributed by atoms with E-state index in [-0.39, 0.29) is 31.6 Å². The molecule has 44 heavy (non-hydrogen) atoms. The standard InChI is InChI=1S/C33H41N5O5Si/c1-5-42-29(31-36-27-13-9-10-14-28(27)38(31)23-41-19-20-44(2,3)4)32(39)35-21-24-15-17-26(18-16-24)30(34)37-33(40)43-22-25-11-7-6-8-12-25/h6-18,29H,5,19-23H2,1-4H3,(H,35,39)(H2,34,37,40). The van der Waals surface area contributed by atoms with Crippen LogP contribution in [0, 0.1) is 0 Å². The first-order chi connectivity index (χ1) is 21.1. The quantitative estimate of drug-likeness (QED) is 0.0795. The minimum absolute atomic E-state index is 0.0426. The lowest BCUT2D eigenvalue weighted by atomic mass is 10.1. The molecular formula is C33H41N5O5Si. The van der Waals surface area contributed by atoms with Gasteiger partial charge >= 0.3 is 6.09 Å². The Kier molecular flexibility index (Phi) is 11.4. The van der Waals surface area contributed by atoms with E-state index in [0.29, 0.717) is 24.6 Å². The molecule has 2 amide bonds. The van der Waals surface area contributed by atoms with E-state index in [4.69, 9.17) is 24.9 Å². The van der Waals surface area contributed by atoms with E-state index in [1.807, 2.05) is 78.2 Å². The van der Waals surface area contributed by atoms with Gasteiger partial charge in [0.2, 0.25) is 0 Å². The third-order valence-corrected chi connectivity index (χ3v) is 8.54. The van der Waals surface area contributed by atoms with Crippen molar-refractivity contribution >= 4 is 36.9 Å². The molecule has 0 aliphatic rings. The van der Waals surface area contributed by atoms with Crippen LogP contribution >= 0.6 is 0 Å². The second kappa shape index (κ2) is 15.4. The number of nitrogens with one attached hydrogen (secondary N) is 1. The highest BCUT2D eigenvalue weighted by Crippen LogP contribution is 2.24. The molecule has 1 heterocycles. The average Bonchev–Trinajstić information content (AvgIpc) is 3.38. The molecule has 3 N–H and O–H groups in total. The molecule has 4 rings (SSSR count). The largest absolute Gasteiger partial charge is 0.443 e. The van der Waals surface area contributed by atoms with Crippen LogP contribution in [0.1, 0.15) is 35.5 Å². The average molecular weight is 616 g/mol. The molecule has 11 heteroatoms. The lowest BCUT2D eigenvalue weighted by Crippen LogP contribution is -2.32. The molecule has 0 bridgehead atoms. The van der Waals surface area contributed by atoms with E-state index in [9.17, 15) is 9.59 Å². The van der Waals surface area contributed by atoms with Crippen molar-refractivity contribution in [3.05, 3.63) is 101 Å². The van der Waals surface area contributed by atoms with Crippen LogP contribution in [0.25, 0.3) is 11.0 Å². The molecule has 0 spiro atoms. The maximum atomic E-state index is 13.4. The summed E-state index contributed by atoms with van der Waals surface area (Å²) in [6.45, 7) is 10.4. The lowest BCUT2D eigenvalue weighted by Gasteiger charge is -2.20. The second-order valence-corrected chi connectivity index (χ2v) is 17.1. The summed E-state index contributed by atoms with van der Waals surface area (Å²) in [5.74, 6) is 0.231. The van der Waals surface area contributed by atoms with Gasteiger partial charge in [-0.2, -0.15) is 4.99 Å². The van der Waals surface area contributed by atoms with Gasteiger partial charge < -0.3 is 29.8 Å². The smallest absolute Gasteiger partial charge is 0.435 e. The van der Waals surface area contributed by atoms with E-state index in [0.717, 1.165) is 28.2 Å². The summed E-state index contributed by atoms with van der Waals surface area (Å²) in [6.07, 6.45) is -1.69. The number of nitrogens with two attached hydrogens (primary N) is 1. The van der Waals surface area contributed by atoms with E-state index in [1.54, 1.807) is 12.1 Å². The number of rotatable bonds is 14. The first-order valence-electron chi connectivity index (χ1n) is 14.7. The third kappa shape index (κ3) is 9.34. The third-order valence-electron chi connectivity index (χ3n) is 6.84. The van der Waals surface area contributed by atoms with Crippen LogP contribution in [0.4, 0.5) is 4.79 Å². The Hall–Kier alpha value is -4.32. The minimum Gasteiger partial charge on any atom is -0.443 e. The van der Waals surface area contributed by atoms with Gasteiger partial charge in [0.25, 0.3) is 5.91 Å². The Morgan fingerprint density at radius 1 is 0.977 bits per heavy atom. The highest BCUT2D eigenvalue weighted by Gasteiger charge is 2.28. The van der Waals surface area contributed by atoms with Gasteiger partial charge in [0.05, 0.1) is 11.0 Å².